The first kappa shape index (κ1) is 14.5. The molecule has 0 atom stereocenters. The predicted molar refractivity (Wildman–Crippen MR) is 79.3 cm³/mol. The summed E-state index contributed by atoms with van der Waals surface area (Å²) in [5.41, 5.74) is 0.800. The molecule has 0 saturated heterocycles. The molecule has 0 unspecified atom stereocenters. The summed E-state index contributed by atoms with van der Waals surface area (Å²) in [7, 11) is 0. The van der Waals surface area contributed by atoms with Crippen molar-refractivity contribution in [3.63, 3.8) is 0 Å². The third-order valence-electron chi connectivity index (χ3n) is 2.65. The van der Waals surface area contributed by atoms with Gasteiger partial charge in [-0.3, -0.25) is 9.59 Å². The summed E-state index contributed by atoms with van der Waals surface area (Å²) in [6.45, 7) is 0. The van der Waals surface area contributed by atoms with Gasteiger partial charge in [0.2, 0.25) is 0 Å². The Morgan fingerprint density at radius 2 is 1.57 bits per heavy atom. The molecule has 0 spiro atoms. The number of aliphatic carboxylic acids is 1. The average molecular weight is 282 g/mol. The Balaban J connectivity index is 1.97. The van der Waals surface area contributed by atoms with Crippen molar-refractivity contribution in [2.24, 2.45) is 0 Å². The number of allylic oxidation sites excluding steroid dienone is 1. The third-order valence-corrected chi connectivity index (χ3v) is 2.65. The van der Waals surface area contributed by atoms with Crippen LogP contribution in [0.4, 0.5) is 0 Å². The van der Waals surface area contributed by atoms with Gasteiger partial charge in [-0.05, 0) is 35.9 Å². The molecule has 0 saturated carbocycles. The molecule has 0 aliphatic rings. The molecule has 0 aliphatic carbocycles. The summed E-state index contributed by atoms with van der Waals surface area (Å²) in [6, 6.07) is 16.6. The Kier molecular flexibility index (Phi) is 4.88. The van der Waals surface area contributed by atoms with Gasteiger partial charge in [0.1, 0.15) is 17.9 Å². The van der Waals surface area contributed by atoms with E-state index in [1.54, 1.807) is 30.3 Å². The van der Waals surface area contributed by atoms with E-state index in [-0.39, 0.29) is 0 Å². The van der Waals surface area contributed by atoms with Crippen LogP contribution in [-0.2, 0) is 9.59 Å². The van der Waals surface area contributed by atoms with E-state index in [4.69, 9.17) is 9.84 Å². The van der Waals surface area contributed by atoms with Crippen molar-refractivity contribution in [3.8, 4) is 11.5 Å². The van der Waals surface area contributed by atoms with Crippen molar-refractivity contribution in [2.45, 2.75) is 6.42 Å². The maximum atomic E-state index is 11.2. The highest BCUT2D eigenvalue weighted by molar-refractivity contribution is 6.03. The normalized spacial score (nSPS) is 10.5. The maximum Gasteiger partial charge on any atom is 0.311 e. The van der Waals surface area contributed by atoms with Crippen LogP contribution in [0.25, 0.3) is 6.08 Å². The minimum atomic E-state index is -1.13. The van der Waals surface area contributed by atoms with Crippen LogP contribution in [0, 0.1) is 0 Å². The van der Waals surface area contributed by atoms with Gasteiger partial charge in [0.15, 0.2) is 5.78 Å². The highest BCUT2D eigenvalue weighted by Crippen LogP contribution is 2.21. The fraction of sp³-hybridized carbons (Fsp3) is 0.0588. The molecular weight excluding hydrogens is 268 g/mol. The number of hydrogen-bond acceptors (Lipinski definition) is 3. The van der Waals surface area contributed by atoms with Crippen molar-refractivity contribution in [3.05, 3.63) is 66.2 Å². The van der Waals surface area contributed by atoms with E-state index in [1.165, 1.54) is 6.08 Å². The molecule has 0 aliphatic heterocycles. The lowest BCUT2D eigenvalue weighted by molar-refractivity contribution is -0.139. The predicted octanol–water partition coefficient (Wildman–Crippen LogP) is 3.54. The van der Waals surface area contributed by atoms with E-state index in [9.17, 15) is 9.59 Å². The summed E-state index contributed by atoms with van der Waals surface area (Å²) in [5.74, 6) is -0.129. The zero-order valence-corrected chi connectivity index (χ0v) is 11.2. The quantitative estimate of drug-likeness (QED) is 0.650. The van der Waals surface area contributed by atoms with Crippen LogP contribution in [0.2, 0.25) is 0 Å². The van der Waals surface area contributed by atoms with E-state index >= 15 is 0 Å². The van der Waals surface area contributed by atoms with E-state index in [0.717, 1.165) is 11.3 Å². The largest absolute Gasteiger partial charge is 0.481 e. The van der Waals surface area contributed by atoms with Crippen LogP contribution < -0.4 is 4.74 Å². The van der Waals surface area contributed by atoms with Gasteiger partial charge in [-0.1, -0.05) is 36.4 Å². The van der Waals surface area contributed by atoms with Crippen molar-refractivity contribution < 1.29 is 19.4 Å². The Hall–Kier alpha value is -2.88. The van der Waals surface area contributed by atoms with Crippen LogP contribution in [0.5, 0.6) is 11.5 Å². The number of para-hydroxylation sites is 1. The summed E-state index contributed by atoms with van der Waals surface area (Å²) in [6.07, 6.45) is 2.35. The molecule has 0 aromatic heterocycles. The number of carboxylic acids is 1. The zero-order valence-electron chi connectivity index (χ0n) is 11.2. The first-order chi connectivity index (χ1) is 10.1. The molecule has 4 heteroatoms. The molecule has 0 bridgehead atoms. The molecule has 4 nitrogen and oxygen atoms in total. The number of ether oxygens (including phenoxy) is 1. The second-order valence-electron chi connectivity index (χ2n) is 4.35. The lowest BCUT2D eigenvalue weighted by atomic mass is 10.1. The second kappa shape index (κ2) is 7.05. The molecule has 0 heterocycles. The highest BCUT2D eigenvalue weighted by Gasteiger charge is 2.03. The van der Waals surface area contributed by atoms with Gasteiger partial charge in [-0.2, -0.15) is 0 Å². The van der Waals surface area contributed by atoms with Gasteiger partial charge in [-0.15, -0.1) is 0 Å². The summed E-state index contributed by atoms with van der Waals surface area (Å²) >= 11 is 0. The average Bonchev–Trinajstić information content (AvgIpc) is 2.47. The van der Waals surface area contributed by atoms with Crippen molar-refractivity contribution >= 4 is 17.8 Å². The minimum Gasteiger partial charge on any atom is -0.481 e. The molecule has 2 rings (SSSR count). The summed E-state index contributed by atoms with van der Waals surface area (Å²) < 4.78 is 5.64. The fourth-order valence-corrected chi connectivity index (χ4v) is 1.67. The van der Waals surface area contributed by atoms with Crippen molar-refractivity contribution in [1.29, 1.82) is 0 Å². The zero-order chi connectivity index (χ0) is 15.1. The van der Waals surface area contributed by atoms with Gasteiger partial charge in [0.05, 0.1) is 0 Å². The van der Waals surface area contributed by atoms with Crippen LogP contribution >= 0.6 is 0 Å². The Labute approximate surface area is 122 Å². The molecular formula is C17H14O4. The first-order valence-electron chi connectivity index (χ1n) is 6.39. The number of carbonyl (C=O) groups excluding carboxylic acids is 1. The molecule has 0 amide bonds. The molecule has 2 aromatic rings. The standard InChI is InChI=1S/C17H14O4/c18-14(12-17(19)20)9-6-13-7-10-16(11-8-13)21-15-4-2-1-3-5-15/h1-11H,12H2,(H,19,20)/b9-6+. The van der Waals surface area contributed by atoms with Gasteiger partial charge in [0, 0.05) is 0 Å². The molecule has 0 radical (unpaired) electrons. The van der Waals surface area contributed by atoms with Gasteiger partial charge >= 0.3 is 5.97 Å². The number of ketones is 1. The smallest absolute Gasteiger partial charge is 0.311 e. The van der Waals surface area contributed by atoms with Crippen LogP contribution in [-0.4, -0.2) is 16.9 Å². The van der Waals surface area contributed by atoms with Crippen LogP contribution in [0.1, 0.15) is 12.0 Å². The van der Waals surface area contributed by atoms with Gasteiger partial charge in [0.25, 0.3) is 0 Å². The fourth-order valence-electron chi connectivity index (χ4n) is 1.67. The van der Waals surface area contributed by atoms with E-state index in [0.29, 0.717) is 5.75 Å². The van der Waals surface area contributed by atoms with Gasteiger partial charge in [-0.25, -0.2) is 0 Å². The number of hydrogen-bond donors (Lipinski definition) is 1. The number of rotatable bonds is 6. The van der Waals surface area contributed by atoms with Gasteiger partial charge < -0.3 is 9.84 Å². The lowest BCUT2D eigenvalue weighted by Crippen LogP contribution is -2.02. The number of carboxylic acid groups (broad SMARTS) is 1. The maximum absolute atomic E-state index is 11.2. The molecule has 106 valence electrons. The highest BCUT2D eigenvalue weighted by atomic mass is 16.5. The SMILES string of the molecule is O=C(O)CC(=O)/C=C/c1ccc(Oc2ccccc2)cc1. The second-order valence-corrected chi connectivity index (χ2v) is 4.35. The summed E-state index contributed by atoms with van der Waals surface area (Å²) in [5, 5.41) is 8.49. The monoisotopic (exact) mass is 282 g/mol. The number of benzene rings is 2. The molecule has 2 aromatic carbocycles. The molecule has 0 fully saturated rings. The van der Waals surface area contributed by atoms with E-state index in [1.807, 2.05) is 30.3 Å². The molecule has 21 heavy (non-hydrogen) atoms. The topological polar surface area (TPSA) is 63.6 Å². The Morgan fingerprint density at radius 1 is 0.952 bits per heavy atom. The van der Waals surface area contributed by atoms with Crippen LogP contribution in [0.3, 0.4) is 0 Å². The summed E-state index contributed by atoms with van der Waals surface area (Å²) in [4.78, 5) is 21.6. The number of carbonyl (C=O) groups is 2. The Morgan fingerprint density at radius 3 is 2.19 bits per heavy atom. The molecule has 1 N–H and O–H groups in total. The van der Waals surface area contributed by atoms with Crippen molar-refractivity contribution in [2.75, 3.05) is 0 Å². The minimum absolute atomic E-state index is 0.438. The van der Waals surface area contributed by atoms with E-state index in [2.05, 4.69) is 0 Å². The first-order valence-corrected chi connectivity index (χ1v) is 6.39. The van der Waals surface area contributed by atoms with Crippen molar-refractivity contribution in [1.82, 2.24) is 0 Å². The third kappa shape index (κ3) is 4.95. The van der Waals surface area contributed by atoms with E-state index < -0.39 is 18.2 Å². The van der Waals surface area contributed by atoms with Crippen LogP contribution in [0.15, 0.2) is 60.7 Å². The Bertz CT molecular complexity index is 642. The lowest BCUT2D eigenvalue weighted by Gasteiger charge is -2.05.